The first kappa shape index (κ1) is 15.2. The number of nitrogens with zero attached hydrogens (tertiary/aromatic N) is 1. The summed E-state index contributed by atoms with van der Waals surface area (Å²) < 4.78 is 29.1. The highest BCUT2D eigenvalue weighted by Gasteiger charge is 2.66. The lowest BCUT2D eigenvalue weighted by Crippen LogP contribution is -2.47. The average Bonchev–Trinajstić information content (AvgIpc) is 2.71. The molecule has 0 bridgehead atoms. The minimum atomic E-state index is -3.39. The SMILES string of the molecule is CC1(C)C(NS(=O)(=O)N2CCC(CO)CC2)C1(C)C. The first-order valence-electron chi connectivity index (χ1n) is 7.01. The van der Waals surface area contributed by atoms with E-state index in [0.717, 1.165) is 12.8 Å². The molecule has 1 saturated carbocycles. The maximum Gasteiger partial charge on any atom is 0.279 e. The van der Waals surface area contributed by atoms with Crippen LogP contribution < -0.4 is 4.72 Å². The summed E-state index contributed by atoms with van der Waals surface area (Å²) in [7, 11) is -3.39. The molecule has 0 atom stereocenters. The van der Waals surface area contributed by atoms with Gasteiger partial charge in [0.1, 0.15) is 0 Å². The third-order valence-electron chi connectivity index (χ3n) is 5.46. The van der Waals surface area contributed by atoms with Crippen LogP contribution in [0.1, 0.15) is 40.5 Å². The molecule has 1 aliphatic heterocycles. The molecule has 5 nitrogen and oxygen atoms in total. The molecule has 19 heavy (non-hydrogen) atoms. The van der Waals surface area contributed by atoms with E-state index in [9.17, 15) is 8.42 Å². The minimum Gasteiger partial charge on any atom is -0.396 e. The third-order valence-corrected chi connectivity index (χ3v) is 7.04. The Morgan fingerprint density at radius 2 is 1.63 bits per heavy atom. The van der Waals surface area contributed by atoms with Gasteiger partial charge in [-0.2, -0.15) is 17.4 Å². The van der Waals surface area contributed by atoms with E-state index in [1.165, 1.54) is 4.31 Å². The van der Waals surface area contributed by atoms with E-state index in [2.05, 4.69) is 32.4 Å². The number of aliphatic hydroxyl groups is 1. The van der Waals surface area contributed by atoms with Crippen molar-refractivity contribution in [3.05, 3.63) is 0 Å². The number of hydrogen-bond donors (Lipinski definition) is 2. The van der Waals surface area contributed by atoms with Gasteiger partial charge in [-0.25, -0.2) is 0 Å². The highest BCUT2D eigenvalue weighted by atomic mass is 32.2. The Labute approximate surface area is 116 Å². The molecule has 2 rings (SSSR count). The van der Waals surface area contributed by atoms with Crippen LogP contribution >= 0.6 is 0 Å². The van der Waals surface area contributed by atoms with Crippen LogP contribution in [0.4, 0.5) is 0 Å². The predicted molar refractivity (Wildman–Crippen MR) is 74.8 cm³/mol. The second kappa shape index (κ2) is 4.69. The molecule has 0 radical (unpaired) electrons. The van der Waals surface area contributed by atoms with Crippen LogP contribution in [0.2, 0.25) is 0 Å². The molecular weight excluding hydrogens is 264 g/mol. The largest absolute Gasteiger partial charge is 0.396 e. The lowest BCUT2D eigenvalue weighted by molar-refractivity contribution is 0.169. The summed E-state index contributed by atoms with van der Waals surface area (Å²) >= 11 is 0. The first-order valence-corrected chi connectivity index (χ1v) is 8.45. The van der Waals surface area contributed by atoms with Gasteiger partial charge in [0, 0.05) is 25.7 Å². The molecule has 2 N–H and O–H groups in total. The summed E-state index contributed by atoms with van der Waals surface area (Å²) in [5.74, 6) is 0.250. The van der Waals surface area contributed by atoms with Crippen molar-refractivity contribution in [1.82, 2.24) is 9.03 Å². The topological polar surface area (TPSA) is 69.6 Å². The van der Waals surface area contributed by atoms with E-state index >= 15 is 0 Å². The molecule has 0 aromatic heterocycles. The molecule has 2 fully saturated rings. The van der Waals surface area contributed by atoms with Crippen molar-refractivity contribution in [3.63, 3.8) is 0 Å². The van der Waals surface area contributed by atoms with Gasteiger partial charge in [-0.05, 0) is 29.6 Å². The number of nitrogens with one attached hydrogen (secondary N) is 1. The number of hydrogen-bond acceptors (Lipinski definition) is 3. The molecule has 1 heterocycles. The van der Waals surface area contributed by atoms with E-state index < -0.39 is 10.2 Å². The zero-order valence-electron chi connectivity index (χ0n) is 12.3. The molecule has 0 amide bonds. The molecule has 1 saturated heterocycles. The van der Waals surface area contributed by atoms with Gasteiger partial charge in [0.25, 0.3) is 10.2 Å². The van der Waals surface area contributed by atoms with Crippen LogP contribution in [-0.4, -0.2) is 43.6 Å². The Bertz CT molecular complexity index is 423. The molecule has 2 aliphatic rings. The van der Waals surface area contributed by atoms with Crippen molar-refractivity contribution >= 4 is 10.2 Å². The lowest BCUT2D eigenvalue weighted by Gasteiger charge is -2.30. The lowest BCUT2D eigenvalue weighted by atomic mass is 10.00. The summed E-state index contributed by atoms with van der Waals surface area (Å²) in [6, 6.07) is 0.000523. The van der Waals surface area contributed by atoms with Gasteiger partial charge in [-0.15, -0.1) is 0 Å². The fourth-order valence-electron chi connectivity index (χ4n) is 3.05. The van der Waals surface area contributed by atoms with Crippen LogP contribution in [0, 0.1) is 16.7 Å². The summed E-state index contributed by atoms with van der Waals surface area (Å²) in [5, 5.41) is 9.09. The summed E-state index contributed by atoms with van der Waals surface area (Å²) in [6.45, 7) is 9.55. The van der Waals surface area contributed by atoms with Crippen LogP contribution in [0.15, 0.2) is 0 Å². The Morgan fingerprint density at radius 1 is 1.16 bits per heavy atom. The van der Waals surface area contributed by atoms with E-state index in [-0.39, 0.29) is 29.4 Å². The van der Waals surface area contributed by atoms with Gasteiger partial charge in [0.2, 0.25) is 0 Å². The molecule has 112 valence electrons. The van der Waals surface area contributed by atoms with E-state index in [1.807, 2.05) is 0 Å². The maximum absolute atomic E-state index is 12.4. The van der Waals surface area contributed by atoms with Gasteiger partial charge in [-0.3, -0.25) is 0 Å². The summed E-state index contributed by atoms with van der Waals surface area (Å²) in [5.41, 5.74) is 0.00693. The van der Waals surface area contributed by atoms with Crippen molar-refractivity contribution in [2.75, 3.05) is 19.7 Å². The third kappa shape index (κ3) is 2.55. The van der Waals surface area contributed by atoms with Crippen molar-refractivity contribution in [1.29, 1.82) is 0 Å². The highest BCUT2D eigenvalue weighted by Crippen LogP contribution is 2.62. The van der Waals surface area contributed by atoms with Crippen LogP contribution in [-0.2, 0) is 10.2 Å². The fraction of sp³-hybridized carbons (Fsp3) is 1.00. The zero-order valence-corrected chi connectivity index (χ0v) is 13.1. The molecule has 0 spiro atoms. The van der Waals surface area contributed by atoms with Crippen LogP contribution in [0.3, 0.4) is 0 Å². The number of aliphatic hydroxyl groups excluding tert-OH is 1. The second-order valence-corrected chi connectivity index (χ2v) is 8.73. The predicted octanol–water partition coefficient (Wildman–Crippen LogP) is 0.960. The monoisotopic (exact) mass is 290 g/mol. The Balaban J connectivity index is 1.98. The Hall–Kier alpha value is -0.170. The second-order valence-electron chi connectivity index (χ2n) is 7.02. The first-order chi connectivity index (χ1) is 8.63. The van der Waals surface area contributed by atoms with E-state index in [1.54, 1.807) is 0 Å². The van der Waals surface area contributed by atoms with Crippen molar-refractivity contribution < 1.29 is 13.5 Å². The zero-order chi connectivity index (χ0) is 14.5. The van der Waals surface area contributed by atoms with Crippen molar-refractivity contribution in [2.45, 2.75) is 46.6 Å². The summed E-state index contributed by atoms with van der Waals surface area (Å²) in [4.78, 5) is 0. The normalized spacial score (nSPS) is 28.5. The number of piperidine rings is 1. The van der Waals surface area contributed by atoms with Gasteiger partial charge >= 0.3 is 0 Å². The van der Waals surface area contributed by atoms with Crippen LogP contribution in [0.25, 0.3) is 0 Å². The highest BCUT2D eigenvalue weighted by molar-refractivity contribution is 7.87. The fourth-order valence-corrected chi connectivity index (χ4v) is 4.77. The van der Waals surface area contributed by atoms with Gasteiger partial charge in [0.15, 0.2) is 0 Å². The van der Waals surface area contributed by atoms with Crippen molar-refractivity contribution in [3.8, 4) is 0 Å². The van der Waals surface area contributed by atoms with Gasteiger partial charge < -0.3 is 5.11 Å². The standard InChI is InChI=1S/C13H26N2O3S/c1-12(2)11(13(12,3)4)14-19(17,18)15-7-5-10(9-16)6-8-15/h10-11,14,16H,5-9H2,1-4H3. The van der Waals surface area contributed by atoms with E-state index in [0.29, 0.717) is 13.1 Å². The molecular formula is C13H26N2O3S. The maximum atomic E-state index is 12.4. The molecule has 6 heteroatoms. The minimum absolute atomic E-state index is 0.000523. The molecule has 0 unspecified atom stereocenters. The Morgan fingerprint density at radius 3 is 2.00 bits per heavy atom. The molecule has 0 aromatic carbocycles. The van der Waals surface area contributed by atoms with Crippen LogP contribution in [0.5, 0.6) is 0 Å². The van der Waals surface area contributed by atoms with Crippen molar-refractivity contribution in [2.24, 2.45) is 16.7 Å². The molecule has 1 aliphatic carbocycles. The van der Waals surface area contributed by atoms with Gasteiger partial charge in [-0.1, -0.05) is 27.7 Å². The molecule has 0 aromatic rings. The number of rotatable bonds is 4. The van der Waals surface area contributed by atoms with E-state index in [4.69, 9.17) is 5.11 Å². The smallest absolute Gasteiger partial charge is 0.279 e. The average molecular weight is 290 g/mol. The summed E-state index contributed by atoms with van der Waals surface area (Å²) in [6.07, 6.45) is 1.49. The quantitative estimate of drug-likeness (QED) is 0.810. The van der Waals surface area contributed by atoms with Gasteiger partial charge in [0.05, 0.1) is 0 Å². The Kier molecular flexibility index (Phi) is 3.75.